The van der Waals surface area contributed by atoms with Gasteiger partial charge < -0.3 is 9.47 Å². The predicted molar refractivity (Wildman–Crippen MR) is 125 cm³/mol. The fourth-order valence-corrected chi connectivity index (χ4v) is 5.18. The maximum Gasteiger partial charge on any atom is 0.338 e. The molecule has 164 valence electrons. The Hall–Kier alpha value is -3.04. The Kier molecular flexibility index (Phi) is 6.38. The lowest BCUT2D eigenvalue weighted by Crippen LogP contribution is -2.39. The van der Waals surface area contributed by atoms with Crippen molar-refractivity contribution < 1.29 is 14.3 Å². The molecule has 0 bridgehead atoms. The molecule has 7 nitrogen and oxygen atoms in total. The average Bonchev–Trinajstić information content (AvgIpc) is 3.08. The molecule has 0 fully saturated rings. The maximum absolute atomic E-state index is 13.5. The van der Waals surface area contributed by atoms with Crippen molar-refractivity contribution in [1.29, 1.82) is 0 Å². The maximum atomic E-state index is 13.5. The summed E-state index contributed by atoms with van der Waals surface area (Å²) in [6, 6.07) is 8.48. The summed E-state index contributed by atoms with van der Waals surface area (Å²) in [5.74, 6) is 0.156. The molecule has 1 aliphatic heterocycles. The first-order chi connectivity index (χ1) is 15.4. The molecule has 2 aromatic heterocycles. The minimum absolute atomic E-state index is 0.222. The number of carbonyl (C=O) groups excluding carboxylic acids is 1. The van der Waals surface area contributed by atoms with E-state index >= 15 is 0 Å². The van der Waals surface area contributed by atoms with Crippen molar-refractivity contribution >= 4 is 39.3 Å². The van der Waals surface area contributed by atoms with Crippen molar-refractivity contribution in [3.63, 3.8) is 0 Å². The van der Waals surface area contributed by atoms with E-state index in [1.54, 1.807) is 50.1 Å². The van der Waals surface area contributed by atoms with Gasteiger partial charge in [-0.15, -0.1) is 0 Å². The summed E-state index contributed by atoms with van der Waals surface area (Å²) in [6.07, 6.45) is 5.14. The van der Waals surface area contributed by atoms with Gasteiger partial charge in [-0.25, -0.2) is 9.79 Å². The molecule has 0 N–H and O–H groups in total. The second-order valence-electron chi connectivity index (χ2n) is 6.98. The highest BCUT2D eigenvalue weighted by molar-refractivity contribution is 9.10. The molecular formula is C23H20BrN3O4S. The number of esters is 1. The molecule has 3 heterocycles. The van der Waals surface area contributed by atoms with E-state index in [9.17, 15) is 9.59 Å². The number of ether oxygens (including phenoxy) is 2. The molecule has 1 atom stereocenters. The Balaban J connectivity index is 1.97. The first kappa shape index (κ1) is 22.2. The van der Waals surface area contributed by atoms with Crippen molar-refractivity contribution in [2.45, 2.75) is 19.9 Å². The third kappa shape index (κ3) is 4.05. The van der Waals surface area contributed by atoms with Gasteiger partial charge in [0, 0.05) is 12.4 Å². The number of carbonyl (C=O) groups is 1. The van der Waals surface area contributed by atoms with E-state index < -0.39 is 12.0 Å². The number of thiazole rings is 1. The Labute approximate surface area is 196 Å². The van der Waals surface area contributed by atoms with E-state index in [0.29, 0.717) is 30.8 Å². The second kappa shape index (κ2) is 9.22. The van der Waals surface area contributed by atoms with Gasteiger partial charge in [-0.1, -0.05) is 23.5 Å². The first-order valence-corrected chi connectivity index (χ1v) is 11.5. The standard InChI is InChI=1S/C23H20BrN3O4S/c1-4-31-22(29)19-13(2)26-23-27(20(19)15-7-8-17(30-3)16(24)11-15)21(28)18(32-23)10-14-6-5-9-25-12-14/h5-12,20H,4H2,1-3H3/b18-10-/t20-/m0/s1. The van der Waals surface area contributed by atoms with Gasteiger partial charge in [-0.05, 0) is 65.2 Å². The third-order valence-electron chi connectivity index (χ3n) is 4.99. The number of methoxy groups -OCH3 is 1. The number of aromatic nitrogens is 2. The summed E-state index contributed by atoms with van der Waals surface area (Å²) in [5, 5.41) is 0. The predicted octanol–water partition coefficient (Wildman–Crippen LogP) is 2.96. The van der Waals surface area contributed by atoms with Gasteiger partial charge >= 0.3 is 5.97 Å². The van der Waals surface area contributed by atoms with E-state index in [1.165, 1.54) is 11.3 Å². The number of hydrogen-bond acceptors (Lipinski definition) is 7. The van der Waals surface area contributed by atoms with Crippen LogP contribution in [0.15, 0.2) is 68.3 Å². The van der Waals surface area contributed by atoms with E-state index in [1.807, 2.05) is 24.3 Å². The lowest BCUT2D eigenvalue weighted by molar-refractivity contribution is -0.139. The summed E-state index contributed by atoms with van der Waals surface area (Å²) in [6.45, 7) is 3.73. The molecule has 0 unspecified atom stereocenters. The number of allylic oxidation sites excluding steroid dienone is 1. The quantitative estimate of drug-likeness (QED) is 0.489. The molecule has 0 amide bonds. The number of rotatable bonds is 5. The van der Waals surface area contributed by atoms with Crippen LogP contribution in [0.3, 0.4) is 0 Å². The molecule has 1 aliphatic rings. The van der Waals surface area contributed by atoms with Crippen molar-refractivity contribution in [1.82, 2.24) is 9.55 Å². The fraction of sp³-hybridized carbons (Fsp3) is 0.217. The number of halogens is 1. The zero-order valence-electron chi connectivity index (χ0n) is 17.7. The van der Waals surface area contributed by atoms with Gasteiger partial charge in [0.1, 0.15) is 5.75 Å². The lowest BCUT2D eigenvalue weighted by Gasteiger charge is -2.25. The summed E-state index contributed by atoms with van der Waals surface area (Å²) in [7, 11) is 1.58. The number of fused-ring (bicyclic) bond motifs is 1. The monoisotopic (exact) mass is 513 g/mol. The molecule has 0 spiro atoms. The Bertz CT molecular complexity index is 1390. The molecule has 9 heteroatoms. The second-order valence-corrected chi connectivity index (χ2v) is 8.85. The van der Waals surface area contributed by atoms with Gasteiger partial charge in [0.2, 0.25) is 0 Å². The minimum atomic E-state index is -0.677. The van der Waals surface area contributed by atoms with Crippen molar-refractivity contribution in [3.05, 3.63) is 89.3 Å². The van der Waals surface area contributed by atoms with Crippen LogP contribution in [0.25, 0.3) is 6.08 Å². The number of pyridine rings is 1. The van der Waals surface area contributed by atoms with E-state index in [4.69, 9.17) is 9.47 Å². The number of hydrogen-bond donors (Lipinski definition) is 0. The normalized spacial score (nSPS) is 15.9. The van der Waals surface area contributed by atoms with E-state index in [-0.39, 0.29) is 12.2 Å². The summed E-state index contributed by atoms with van der Waals surface area (Å²) < 4.78 is 13.4. The molecule has 0 saturated carbocycles. The van der Waals surface area contributed by atoms with Crippen molar-refractivity contribution in [2.24, 2.45) is 4.99 Å². The topological polar surface area (TPSA) is 82.8 Å². The Morgan fingerprint density at radius 1 is 1.34 bits per heavy atom. The van der Waals surface area contributed by atoms with Gasteiger partial charge in [0.25, 0.3) is 5.56 Å². The zero-order valence-corrected chi connectivity index (χ0v) is 20.1. The fourth-order valence-electron chi connectivity index (χ4n) is 3.57. The van der Waals surface area contributed by atoms with Crippen molar-refractivity contribution in [3.8, 4) is 5.75 Å². The van der Waals surface area contributed by atoms with E-state index in [0.717, 1.165) is 11.1 Å². The third-order valence-corrected chi connectivity index (χ3v) is 6.59. The highest BCUT2D eigenvalue weighted by atomic mass is 79.9. The molecular weight excluding hydrogens is 494 g/mol. The highest BCUT2D eigenvalue weighted by Crippen LogP contribution is 2.34. The molecule has 32 heavy (non-hydrogen) atoms. The molecule has 0 aliphatic carbocycles. The van der Waals surface area contributed by atoms with Gasteiger partial charge in [0.15, 0.2) is 4.80 Å². The van der Waals surface area contributed by atoms with Crippen molar-refractivity contribution in [2.75, 3.05) is 13.7 Å². The van der Waals surface area contributed by atoms with Gasteiger partial charge in [-0.3, -0.25) is 14.3 Å². The zero-order chi connectivity index (χ0) is 22.8. The Morgan fingerprint density at radius 3 is 2.81 bits per heavy atom. The van der Waals surface area contributed by atoms with Crippen LogP contribution in [0, 0.1) is 0 Å². The molecule has 0 radical (unpaired) electrons. The first-order valence-electron chi connectivity index (χ1n) is 9.87. The molecule has 1 aromatic carbocycles. The number of nitrogens with zero attached hydrogens (tertiary/aromatic N) is 3. The van der Waals surface area contributed by atoms with Crippen LogP contribution in [-0.2, 0) is 9.53 Å². The van der Waals surface area contributed by atoms with Gasteiger partial charge in [-0.2, -0.15) is 0 Å². The highest BCUT2D eigenvalue weighted by Gasteiger charge is 2.33. The van der Waals surface area contributed by atoms with Crippen LogP contribution in [0.2, 0.25) is 0 Å². The van der Waals surface area contributed by atoms with Crippen LogP contribution in [0.5, 0.6) is 5.75 Å². The van der Waals surface area contributed by atoms with Crippen LogP contribution in [0.1, 0.15) is 31.0 Å². The Morgan fingerprint density at radius 2 is 2.16 bits per heavy atom. The van der Waals surface area contributed by atoms with Gasteiger partial charge in [0.05, 0.1) is 40.0 Å². The molecule has 4 rings (SSSR count). The minimum Gasteiger partial charge on any atom is -0.496 e. The number of benzene rings is 1. The van der Waals surface area contributed by atoms with Crippen LogP contribution in [0.4, 0.5) is 0 Å². The lowest BCUT2D eigenvalue weighted by atomic mass is 9.96. The summed E-state index contributed by atoms with van der Waals surface area (Å²) in [4.78, 5) is 35.6. The molecule has 3 aromatic rings. The SMILES string of the molecule is CCOC(=O)C1=C(C)N=c2s/c(=C\c3cccnc3)c(=O)n2[C@H]1c1ccc(OC)c(Br)c1. The molecule has 0 saturated heterocycles. The van der Waals surface area contributed by atoms with Crippen LogP contribution < -0.4 is 19.6 Å². The smallest absolute Gasteiger partial charge is 0.338 e. The largest absolute Gasteiger partial charge is 0.496 e. The summed E-state index contributed by atoms with van der Waals surface area (Å²) in [5.41, 5.74) is 2.18. The average molecular weight is 514 g/mol. The summed E-state index contributed by atoms with van der Waals surface area (Å²) >= 11 is 4.78. The van der Waals surface area contributed by atoms with Crippen LogP contribution >= 0.6 is 27.3 Å². The van der Waals surface area contributed by atoms with Crippen LogP contribution in [-0.4, -0.2) is 29.2 Å². The van der Waals surface area contributed by atoms with E-state index in [2.05, 4.69) is 25.9 Å².